The van der Waals surface area contributed by atoms with Gasteiger partial charge in [-0.3, -0.25) is 4.68 Å². The van der Waals surface area contributed by atoms with Gasteiger partial charge in [-0.15, -0.1) is 0 Å². The Morgan fingerprint density at radius 3 is 2.86 bits per heavy atom. The van der Waals surface area contributed by atoms with Crippen molar-refractivity contribution in [3.8, 4) is 0 Å². The number of aromatic nitrogens is 2. The molecule has 0 bridgehead atoms. The van der Waals surface area contributed by atoms with Crippen molar-refractivity contribution in [2.75, 3.05) is 11.9 Å². The third-order valence-electron chi connectivity index (χ3n) is 3.23. The van der Waals surface area contributed by atoms with Crippen molar-refractivity contribution in [1.82, 2.24) is 9.78 Å². The van der Waals surface area contributed by atoms with Crippen LogP contribution in [0.2, 0.25) is 0 Å². The number of nitrogens with zero attached hydrogens (tertiary/aromatic N) is 4. The molecule has 0 radical (unpaired) electrons. The van der Waals surface area contributed by atoms with Crippen LogP contribution in [-0.4, -0.2) is 27.9 Å². The Morgan fingerprint density at radius 2 is 2.24 bits per heavy atom. The molecule has 2 aromatic rings. The minimum Gasteiger partial charge on any atom is -0.409 e. The number of hydrogen-bond donors (Lipinski definition) is 2. The molecular formula is C14H18BrN5O. The van der Waals surface area contributed by atoms with E-state index in [-0.39, 0.29) is 5.84 Å². The summed E-state index contributed by atoms with van der Waals surface area (Å²) >= 11 is 3.47. The highest BCUT2D eigenvalue weighted by molar-refractivity contribution is 9.10. The predicted octanol–water partition coefficient (Wildman–Crippen LogP) is 2.22. The zero-order chi connectivity index (χ0) is 15.6. The lowest BCUT2D eigenvalue weighted by molar-refractivity contribution is 0.318. The minimum atomic E-state index is 0.0664. The van der Waals surface area contributed by atoms with Gasteiger partial charge in [0.05, 0.1) is 11.3 Å². The topological polar surface area (TPSA) is 79.7 Å². The highest BCUT2D eigenvalue weighted by Crippen LogP contribution is 2.24. The largest absolute Gasteiger partial charge is 0.409 e. The van der Waals surface area contributed by atoms with Gasteiger partial charge >= 0.3 is 0 Å². The van der Waals surface area contributed by atoms with E-state index in [2.05, 4.69) is 32.3 Å². The quantitative estimate of drug-likeness (QED) is 0.383. The SMILES string of the molecule is Cc1nn(C)c(N(C)Cc2cccc(Br)c2)c1C(N)=NO. The third-order valence-corrected chi connectivity index (χ3v) is 3.72. The summed E-state index contributed by atoms with van der Waals surface area (Å²) in [6.07, 6.45) is 0. The Kier molecular flexibility index (Phi) is 4.52. The molecule has 21 heavy (non-hydrogen) atoms. The molecule has 0 amide bonds. The van der Waals surface area contributed by atoms with Crippen LogP contribution in [0.3, 0.4) is 0 Å². The van der Waals surface area contributed by atoms with Gasteiger partial charge in [0.25, 0.3) is 0 Å². The Hall–Kier alpha value is -2.02. The lowest BCUT2D eigenvalue weighted by atomic mass is 10.2. The fraction of sp³-hybridized carbons (Fsp3) is 0.286. The average molecular weight is 352 g/mol. The van der Waals surface area contributed by atoms with E-state index in [1.807, 2.05) is 44.1 Å². The summed E-state index contributed by atoms with van der Waals surface area (Å²) in [5.74, 6) is 0.875. The number of rotatable bonds is 4. The van der Waals surface area contributed by atoms with E-state index in [4.69, 9.17) is 10.9 Å². The van der Waals surface area contributed by atoms with Crippen molar-refractivity contribution in [2.45, 2.75) is 13.5 Å². The maximum atomic E-state index is 8.96. The smallest absolute Gasteiger partial charge is 0.175 e. The maximum absolute atomic E-state index is 8.96. The van der Waals surface area contributed by atoms with Crippen LogP contribution in [0, 0.1) is 6.92 Å². The van der Waals surface area contributed by atoms with Crippen LogP contribution in [-0.2, 0) is 13.6 Å². The van der Waals surface area contributed by atoms with Crippen molar-refractivity contribution >= 4 is 27.6 Å². The average Bonchev–Trinajstić information content (AvgIpc) is 2.72. The second-order valence-electron chi connectivity index (χ2n) is 4.88. The first-order valence-corrected chi connectivity index (χ1v) is 7.20. The second kappa shape index (κ2) is 6.17. The normalized spacial score (nSPS) is 11.7. The first-order chi connectivity index (χ1) is 9.93. The van der Waals surface area contributed by atoms with Crippen LogP contribution in [0.25, 0.3) is 0 Å². The molecule has 0 fully saturated rings. The van der Waals surface area contributed by atoms with Gasteiger partial charge in [0.2, 0.25) is 0 Å². The molecular weight excluding hydrogens is 334 g/mol. The zero-order valence-corrected chi connectivity index (χ0v) is 13.8. The molecule has 0 aliphatic heterocycles. The number of anilines is 1. The molecule has 3 N–H and O–H groups in total. The van der Waals surface area contributed by atoms with Crippen LogP contribution in [0.5, 0.6) is 0 Å². The molecule has 1 aromatic heterocycles. The molecule has 0 unspecified atom stereocenters. The molecule has 0 aliphatic rings. The monoisotopic (exact) mass is 351 g/mol. The first kappa shape index (κ1) is 15.4. The highest BCUT2D eigenvalue weighted by Gasteiger charge is 2.20. The van der Waals surface area contributed by atoms with Crippen molar-refractivity contribution in [1.29, 1.82) is 0 Å². The van der Waals surface area contributed by atoms with Crippen LogP contribution in [0.1, 0.15) is 16.8 Å². The molecule has 0 saturated carbocycles. The summed E-state index contributed by atoms with van der Waals surface area (Å²) in [6, 6.07) is 8.09. The molecule has 7 heteroatoms. The van der Waals surface area contributed by atoms with E-state index >= 15 is 0 Å². The molecule has 1 aromatic carbocycles. The number of halogens is 1. The summed E-state index contributed by atoms with van der Waals surface area (Å²) in [7, 11) is 3.79. The molecule has 112 valence electrons. The summed E-state index contributed by atoms with van der Waals surface area (Å²) in [4.78, 5) is 2.02. The number of nitrogens with two attached hydrogens (primary N) is 1. The van der Waals surface area contributed by atoms with Crippen LogP contribution in [0.4, 0.5) is 5.82 Å². The molecule has 1 heterocycles. The zero-order valence-electron chi connectivity index (χ0n) is 12.2. The number of benzene rings is 1. The third kappa shape index (κ3) is 3.18. The Morgan fingerprint density at radius 1 is 1.52 bits per heavy atom. The van der Waals surface area contributed by atoms with Crippen LogP contribution >= 0.6 is 15.9 Å². The Labute approximate surface area is 132 Å². The fourth-order valence-corrected chi connectivity index (χ4v) is 2.86. The van der Waals surface area contributed by atoms with Crippen LogP contribution < -0.4 is 10.6 Å². The highest BCUT2D eigenvalue weighted by atomic mass is 79.9. The molecule has 0 spiro atoms. The second-order valence-corrected chi connectivity index (χ2v) is 5.79. The minimum absolute atomic E-state index is 0.0664. The van der Waals surface area contributed by atoms with E-state index in [1.54, 1.807) is 4.68 Å². The summed E-state index contributed by atoms with van der Waals surface area (Å²) < 4.78 is 2.77. The molecule has 6 nitrogen and oxygen atoms in total. The lowest BCUT2D eigenvalue weighted by Gasteiger charge is -2.21. The Balaban J connectivity index is 2.37. The van der Waals surface area contributed by atoms with E-state index in [0.29, 0.717) is 12.1 Å². The van der Waals surface area contributed by atoms with Gasteiger partial charge in [-0.25, -0.2) is 0 Å². The van der Waals surface area contributed by atoms with E-state index < -0.39 is 0 Å². The maximum Gasteiger partial charge on any atom is 0.175 e. The summed E-state index contributed by atoms with van der Waals surface area (Å²) in [5, 5.41) is 16.4. The van der Waals surface area contributed by atoms with E-state index in [0.717, 1.165) is 21.5 Å². The van der Waals surface area contributed by atoms with Crippen LogP contribution in [0.15, 0.2) is 33.9 Å². The van der Waals surface area contributed by atoms with Gasteiger partial charge in [0.1, 0.15) is 5.82 Å². The van der Waals surface area contributed by atoms with Crippen molar-refractivity contribution < 1.29 is 5.21 Å². The molecule has 0 aliphatic carbocycles. The lowest BCUT2D eigenvalue weighted by Crippen LogP contribution is -2.24. The number of aryl methyl sites for hydroxylation is 2. The number of oxime groups is 1. The van der Waals surface area contributed by atoms with Crippen molar-refractivity contribution in [3.05, 3.63) is 45.6 Å². The van der Waals surface area contributed by atoms with Gasteiger partial charge in [-0.1, -0.05) is 33.2 Å². The fourth-order valence-electron chi connectivity index (χ4n) is 2.42. The standard InChI is InChI=1S/C14H18BrN5O/c1-9-12(13(16)18-21)14(20(3)17-9)19(2)8-10-5-4-6-11(15)7-10/h4-7,21H,8H2,1-3H3,(H2,16,18). The van der Waals surface area contributed by atoms with Gasteiger partial charge in [-0.2, -0.15) is 5.10 Å². The van der Waals surface area contributed by atoms with E-state index in [9.17, 15) is 0 Å². The molecule has 0 saturated heterocycles. The Bertz CT molecular complexity index is 680. The van der Waals surface area contributed by atoms with Gasteiger partial charge in [0, 0.05) is 25.1 Å². The number of amidine groups is 1. The van der Waals surface area contributed by atoms with Gasteiger partial charge < -0.3 is 15.8 Å². The predicted molar refractivity (Wildman–Crippen MR) is 86.7 cm³/mol. The number of hydrogen-bond acceptors (Lipinski definition) is 4. The molecule has 0 atom stereocenters. The van der Waals surface area contributed by atoms with Gasteiger partial charge in [-0.05, 0) is 24.6 Å². The molecule has 2 rings (SSSR count). The van der Waals surface area contributed by atoms with Crippen molar-refractivity contribution in [3.63, 3.8) is 0 Å². The summed E-state index contributed by atoms with van der Waals surface area (Å²) in [5.41, 5.74) is 8.30. The van der Waals surface area contributed by atoms with E-state index in [1.165, 1.54) is 0 Å². The van der Waals surface area contributed by atoms with Gasteiger partial charge in [0.15, 0.2) is 5.84 Å². The summed E-state index contributed by atoms with van der Waals surface area (Å²) in [6.45, 7) is 2.52. The first-order valence-electron chi connectivity index (χ1n) is 6.41. The van der Waals surface area contributed by atoms with Crippen molar-refractivity contribution in [2.24, 2.45) is 17.9 Å².